The highest BCUT2D eigenvalue weighted by atomic mass is 16.1. The molecule has 0 saturated heterocycles. The highest BCUT2D eigenvalue weighted by Gasteiger charge is 2.32. The smallest absolute Gasteiger partial charge is 0.216 e. The molecule has 0 aromatic rings. The predicted octanol–water partition coefficient (Wildman–Crippen LogP) is 1.41. The number of carbonyl (C=O) groups is 1. The van der Waals surface area contributed by atoms with Crippen LogP contribution in [0.15, 0.2) is 4.99 Å². The largest absolute Gasteiger partial charge is 0.356 e. The molecule has 29 heavy (non-hydrogen) atoms. The lowest BCUT2D eigenvalue weighted by molar-refractivity contribution is -0.119. The van der Waals surface area contributed by atoms with Crippen molar-refractivity contribution in [2.24, 2.45) is 10.4 Å². The first-order chi connectivity index (χ1) is 14.1. The number of hydrogen-bond donors (Lipinski definition) is 1. The van der Waals surface area contributed by atoms with Crippen LogP contribution in [0.2, 0.25) is 0 Å². The van der Waals surface area contributed by atoms with Crippen molar-refractivity contribution < 1.29 is 4.79 Å². The average Bonchev–Trinajstić information content (AvgIpc) is 3.05. The summed E-state index contributed by atoms with van der Waals surface area (Å²) in [6, 6.07) is 0. The Morgan fingerprint density at radius 1 is 0.897 bits per heavy atom. The van der Waals surface area contributed by atoms with Crippen LogP contribution in [0.3, 0.4) is 0 Å². The van der Waals surface area contributed by atoms with E-state index in [9.17, 15) is 4.79 Å². The lowest BCUT2D eigenvalue weighted by Crippen LogP contribution is -2.30. The van der Waals surface area contributed by atoms with E-state index in [-0.39, 0.29) is 11.3 Å². The Hall–Kier alpha value is -4.38. The summed E-state index contributed by atoms with van der Waals surface area (Å²) in [5.41, 5.74) is 0.706. The molecule has 0 aromatic carbocycles. The molecular weight excluding hydrogens is 356 g/mol. The normalized spacial score (nSPS) is 14.4. The first-order valence-electron chi connectivity index (χ1n) is 8.80. The number of hydrogen-bond acceptors (Lipinski definition) is 2. The molecule has 0 radical (unpaired) electrons. The molecule has 1 unspecified atom stereocenters. The number of nitrogens with one attached hydrogen (secondary N) is 1. The van der Waals surface area contributed by atoms with E-state index in [0.29, 0.717) is 6.54 Å². The van der Waals surface area contributed by atoms with Crippen molar-refractivity contribution in [3.8, 4) is 94.7 Å². The maximum Gasteiger partial charge on any atom is 0.216 e. The molecule has 0 saturated carbocycles. The zero-order chi connectivity index (χ0) is 21.2. The highest BCUT2D eigenvalue weighted by Crippen LogP contribution is 2.32. The minimum absolute atomic E-state index is 0.0327. The first-order valence-corrected chi connectivity index (χ1v) is 8.80. The summed E-state index contributed by atoms with van der Waals surface area (Å²) >= 11 is 0. The monoisotopic (exact) mass is 374 g/mol. The number of nitrogens with zero attached hydrogens (tertiary/aromatic N) is 1. The van der Waals surface area contributed by atoms with Gasteiger partial charge in [0.15, 0.2) is 0 Å². The van der Waals surface area contributed by atoms with Crippen LogP contribution in [0.1, 0.15) is 33.6 Å². The van der Waals surface area contributed by atoms with Gasteiger partial charge in [-0.3, -0.25) is 9.79 Å². The van der Waals surface area contributed by atoms with E-state index in [4.69, 9.17) is 0 Å². The van der Waals surface area contributed by atoms with Gasteiger partial charge in [-0.1, -0.05) is 12.8 Å². The Kier molecular flexibility index (Phi) is 10.8. The van der Waals surface area contributed by atoms with E-state index in [1.54, 1.807) is 6.92 Å². The van der Waals surface area contributed by atoms with Crippen molar-refractivity contribution in [3.63, 3.8) is 0 Å². The van der Waals surface area contributed by atoms with Gasteiger partial charge in [-0.25, -0.2) is 0 Å². The maximum atomic E-state index is 11.0. The second-order valence-electron chi connectivity index (χ2n) is 5.90. The van der Waals surface area contributed by atoms with Crippen LogP contribution in [0.5, 0.6) is 0 Å². The lowest BCUT2D eigenvalue weighted by Gasteiger charge is -2.23. The van der Waals surface area contributed by atoms with Crippen LogP contribution in [0, 0.1) is 100 Å². The van der Waals surface area contributed by atoms with Gasteiger partial charge < -0.3 is 5.32 Å². The van der Waals surface area contributed by atoms with Gasteiger partial charge in [0.05, 0.1) is 5.71 Å². The van der Waals surface area contributed by atoms with Crippen molar-refractivity contribution >= 4 is 11.6 Å². The van der Waals surface area contributed by atoms with Crippen molar-refractivity contribution in [1.82, 2.24) is 5.32 Å². The van der Waals surface area contributed by atoms with Gasteiger partial charge in [0.25, 0.3) is 0 Å². The Balaban J connectivity index is 2.55. The molecule has 3 nitrogen and oxygen atoms in total. The van der Waals surface area contributed by atoms with Gasteiger partial charge in [0.1, 0.15) is 0 Å². The Bertz CT molecular complexity index is 1170. The molecular formula is C26H18N2O. The third kappa shape index (κ3) is 10.4. The summed E-state index contributed by atoms with van der Waals surface area (Å²) in [6.45, 7) is 6.67. The summed E-state index contributed by atoms with van der Waals surface area (Å²) in [5, 5.41) is 2.81. The zero-order valence-electron chi connectivity index (χ0n) is 16.7. The van der Waals surface area contributed by atoms with Gasteiger partial charge in [-0.2, -0.15) is 0 Å². The maximum absolute atomic E-state index is 11.0. The number of rotatable bonds is 3. The Morgan fingerprint density at radius 3 is 1.86 bits per heavy atom. The molecule has 138 valence electrons. The SMILES string of the molecule is CC#CC#CC#CC#CC#CC#CC#CC#CC1=NCCC1(C)CCNC(C)=O. The summed E-state index contributed by atoms with van der Waals surface area (Å²) in [4.78, 5) is 15.5. The van der Waals surface area contributed by atoms with E-state index < -0.39 is 0 Å². The van der Waals surface area contributed by atoms with Crippen molar-refractivity contribution in [2.45, 2.75) is 33.6 Å². The topological polar surface area (TPSA) is 41.5 Å². The molecule has 0 fully saturated rings. The third-order valence-electron chi connectivity index (χ3n) is 3.67. The van der Waals surface area contributed by atoms with E-state index >= 15 is 0 Å². The molecule has 1 aliphatic heterocycles. The number of amides is 1. The molecule has 3 heteroatoms. The molecule has 1 heterocycles. The predicted molar refractivity (Wildman–Crippen MR) is 116 cm³/mol. The van der Waals surface area contributed by atoms with Crippen molar-refractivity contribution in [3.05, 3.63) is 0 Å². The van der Waals surface area contributed by atoms with Gasteiger partial charge in [0, 0.05) is 25.4 Å². The fourth-order valence-electron chi connectivity index (χ4n) is 2.20. The standard InChI is InChI=1S/C26H18N2O/c1-4-5-6-7-8-9-10-11-12-13-14-15-16-17-18-19-25-26(3,21-23-28-25)20-22-27-24(2)29/h20-23H2,1-3H3,(H,27,29). The quantitative estimate of drug-likeness (QED) is 0.746. The lowest BCUT2D eigenvalue weighted by atomic mass is 9.81. The van der Waals surface area contributed by atoms with Crippen LogP contribution in [-0.2, 0) is 4.79 Å². The minimum Gasteiger partial charge on any atom is -0.356 e. The molecule has 1 amide bonds. The second kappa shape index (κ2) is 13.8. The van der Waals surface area contributed by atoms with Crippen LogP contribution >= 0.6 is 0 Å². The summed E-state index contributed by atoms with van der Waals surface area (Å²) < 4.78 is 0. The summed E-state index contributed by atoms with van der Waals surface area (Å²) in [7, 11) is 0. The number of aliphatic imine (C=N–C) groups is 1. The van der Waals surface area contributed by atoms with Crippen LogP contribution in [0.4, 0.5) is 0 Å². The first kappa shape index (κ1) is 22.7. The highest BCUT2D eigenvalue weighted by molar-refractivity contribution is 6.06. The van der Waals surface area contributed by atoms with E-state index in [1.807, 2.05) is 0 Å². The molecule has 0 spiro atoms. The van der Waals surface area contributed by atoms with Crippen molar-refractivity contribution in [2.75, 3.05) is 13.1 Å². The number of carbonyl (C=O) groups excluding carboxylic acids is 1. The van der Waals surface area contributed by atoms with Gasteiger partial charge in [-0.05, 0) is 109 Å². The van der Waals surface area contributed by atoms with E-state index in [1.165, 1.54) is 6.92 Å². The van der Waals surface area contributed by atoms with Gasteiger partial charge in [0.2, 0.25) is 5.91 Å². The molecule has 0 bridgehead atoms. The fraction of sp³-hybridized carbons (Fsp3) is 0.308. The van der Waals surface area contributed by atoms with Crippen LogP contribution < -0.4 is 5.32 Å². The molecule has 1 N–H and O–H groups in total. The van der Waals surface area contributed by atoms with Crippen LogP contribution in [-0.4, -0.2) is 24.7 Å². The summed E-state index contributed by atoms with van der Waals surface area (Å²) in [5.74, 6) is 41.7. The van der Waals surface area contributed by atoms with E-state index in [0.717, 1.165) is 25.1 Å². The zero-order valence-corrected chi connectivity index (χ0v) is 16.7. The van der Waals surface area contributed by atoms with Gasteiger partial charge in [-0.15, -0.1) is 0 Å². The Morgan fingerprint density at radius 2 is 1.38 bits per heavy atom. The molecule has 1 aliphatic rings. The van der Waals surface area contributed by atoms with Crippen molar-refractivity contribution in [1.29, 1.82) is 0 Å². The average molecular weight is 374 g/mol. The Labute approximate surface area is 173 Å². The van der Waals surface area contributed by atoms with Crippen LogP contribution in [0.25, 0.3) is 0 Å². The molecule has 0 aliphatic carbocycles. The summed E-state index contributed by atoms with van der Waals surface area (Å²) in [6.07, 6.45) is 1.72. The second-order valence-corrected chi connectivity index (χ2v) is 5.90. The molecule has 1 rings (SSSR count). The van der Waals surface area contributed by atoms with E-state index in [2.05, 4.69) is 112 Å². The minimum atomic E-state index is -0.120. The third-order valence-corrected chi connectivity index (χ3v) is 3.67. The fourth-order valence-corrected chi connectivity index (χ4v) is 2.20. The van der Waals surface area contributed by atoms with Gasteiger partial charge >= 0.3 is 0 Å². The molecule has 1 atom stereocenters. The molecule has 0 aromatic heterocycles.